The second-order valence-corrected chi connectivity index (χ2v) is 8.49. The Hall–Kier alpha value is -2.55. The lowest BCUT2D eigenvalue weighted by Gasteiger charge is -2.05. The molecule has 9 heteroatoms. The Morgan fingerprint density at radius 1 is 1.13 bits per heavy atom. The summed E-state index contributed by atoms with van der Waals surface area (Å²) in [5.41, 5.74) is 1.66. The average Bonchev–Trinajstić information content (AvgIpc) is 3.22. The van der Waals surface area contributed by atoms with E-state index >= 15 is 0 Å². The van der Waals surface area contributed by atoms with Gasteiger partial charge in [0.25, 0.3) is 5.91 Å². The molecule has 1 N–H and O–H groups in total. The molecule has 0 unspecified atom stereocenters. The molecule has 3 aromatic rings. The fourth-order valence-electron chi connectivity index (χ4n) is 2.38. The second kappa shape index (κ2) is 11.0. The highest BCUT2D eigenvalue weighted by atomic mass is 35.5. The molecule has 0 atom stereocenters. The number of esters is 1. The Labute approximate surface area is 187 Å². The first-order valence-electron chi connectivity index (χ1n) is 8.97. The van der Waals surface area contributed by atoms with Crippen molar-refractivity contribution in [2.45, 2.75) is 11.3 Å². The first kappa shape index (κ1) is 22.1. The summed E-state index contributed by atoms with van der Waals surface area (Å²) in [5, 5.41) is 5.60. The molecule has 0 aliphatic carbocycles. The predicted octanol–water partition coefficient (Wildman–Crippen LogP) is 5.14. The quantitative estimate of drug-likeness (QED) is 0.350. The molecule has 0 aliphatic heterocycles. The van der Waals surface area contributed by atoms with Crippen molar-refractivity contribution in [2.24, 2.45) is 0 Å². The molecule has 2 aromatic carbocycles. The third-order valence-corrected chi connectivity index (χ3v) is 5.91. The van der Waals surface area contributed by atoms with E-state index in [1.54, 1.807) is 19.2 Å². The number of hydrogen-bond donors (Lipinski definition) is 1. The predicted molar refractivity (Wildman–Crippen MR) is 120 cm³/mol. The van der Waals surface area contributed by atoms with Crippen LogP contribution in [0.1, 0.15) is 6.42 Å². The highest BCUT2D eigenvalue weighted by Gasteiger charge is 2.11. The summed E-state index contributed by atoms with van der Waals surface area (Å²) in [6.45, 7) is -0.345. The van der Waals surface area contributed by atoms with E-state index in [2.05, 4.69) is 10.3 Å². The molecule has 0 aliphatic rings. The Kier molecular flexibility index (Phi) is 8.12. The van der Waals surface area contributed by atoms with E-state index in [1.807, 2.05) is 41.8 Å². The molecular formula is C21H19ClN2O4S2. The molecule has 3 rings (SSSR count). The summed E-state index contributed by atoms with van der Waals surface area (Å²) >= 11 is 8.66. The summed E-state index contributed by atoms with van der Waals surface area (Å²) in [6, 6.07) is 14.8. The van der Waals surface area contributed by atoms with Gasteiger partial charge in [0.2, 0.25) is 0 Å². The van der Waals surface area contributed by atoms with E-state index < -0.39 is 11.9 Å². The van der Waals surface area contributed by atoms with Crippen molar-refractivity contribution in [1.82, 2.24) is 4.98 Å². The summed E-state index contributed by atoms with van der Waals surface area (Å²) in [6.07, 6.45) is 0.208. The molecule has 0 bridgehead atoms. The number of thiazole rings is 1. The molecule has 6 nitrogen and oxygen atoms in total. The van der Waals surface area contributed by atoms with Crippen molar-refractivity contribution >= 4 is 51.7 Å². The monoisotopic (exact) mass is 462 g/mol. The van der Waals surface area contributed by atoms with Gasteiger partial charge in [-0.05, 0) is 48.5 Å². The van der Waals surface area contributed by atoms with Crippen LogP contribution in [0.2, 0.25) is 5.02 Å². The van der Waals surface area contributed by atoms with Crippen LogP contribution in [-0.2, 0) is 14.3 Å². The molecule has 30 heavy (non-hydrogen) atoms. The zero-order chi connectivity index (χ0) is 21.3. The maximum Gasteiger partial charge on any atom is 0.307 e. The Morgan fingerprint density at radius 2 is 1.87 bits per heavy atom. The van der Waals surface area contributed by atoms with Crippen molar-refractivity contribution in [3.8, 4) is 17.0 Å². The van der Waals surface area contributed by atoms with Crippen molar-refractivity contribution in [2.75, 3.05) is 24.8 Å². The highest BCUT2D eigenvalue weighted by molar-refractivity contribution is 7.99. The maximum atomic E-state index is 12.0. The SMILES string of the molecule is COc1ccc(-c2csc(NC(=O)COC(=O)CCSc3ccc(Cl)cc3)n2)cc1. The molecule has 0 saturated carbocycles. The van der Waals surface area contributed by atoms with Gasteiger partial charge in [-0.2, -0.15) is 0 Å². The third kappa shape index (κ3) is 6.76. The zero-order valence-corrected chi connectivity index (χ0v) is 18.5. The van der Waals surface area contributed by atoms with Gasteiger partial charge in [-0.15, -0.1) is 23.1 Å². The standard InChI is InChI=1S/C21H19ClN2O4S2/c1-27-16-6-2-14(3-7-16)18-13-30-21(23-18)24-19(25)12-28-20(26)10-11-29-17-8-4-15(22)5-9-17/h2-9,13H,10-12H2,1H3,(H,23,24,25). The Balaban J connectivity index is 1.39. The van der Waals surface area contributed by atoms with Crippen LogP contribution in [0.3, 0.4) is 0 Å². The van der Waals surface area contributed by atoms with Crippen LogP contribution >= 0.6 is 34.7 Å². The lowest BCUT2D eigenvalue weighted by molar-refractivity contribution is -0.146. The molecule has 1 heterocycles. The van der Waals surface area contributed by atoms with Crippen molar-refractivity contribution in [3.63, 3.8) is 0 Å². The van der Waals surface area contributed by atoms with Gasteiger partial charge in [-0.25, -0.2) is 4.98 Å². The first-order valence-corrected chi connectivity index (χ1v) is 11.2. The normalized spacial score (nSPS) is 10.5. The Morgan fingerprint density at radius 3 is 2.57 bits per heavy atom. The van der Waals surface area contributed by atoms with E-state index in [-0.39, 0.29) is 13.0 Å². The number of aromatic nitrogens is 1. The number of thioether (sulfide) groups is 1. The van der Waals surface area contributed by atoms with Crippen LogP contribution in [0.5, 0.6) is 5.75 Å². The minimum Gasteiger partial charge on any atom is -0.497 e. The van der Waals surface area contributed by atoms with Gasteiger partial charge in [-0.1, -0.05) is 11.6 Å². The maximum absolute atomic E-state index is 12.0. The molecule has 1 amide bonds. The molecule has 0 spiro atoms. The Bertz CT molecular complexity index is 991. The molecule has 0 radical (unpaired) electrons. The number of methoxy groups -OCH3 is 1. The number of nitrogens with zero attached hydrogens (tertiary/aromatic N) is 1. The lowest BCUT2D eigenvalue weighted by Crippen LogP contribution is -2.20. The van der Waals surface area contributed by atoms with Gasteiger partial charge in [0.15, 0.2) is 11.7 Å². The van der Waals surface area contributed by atoms with Crippen LogP contribution in [0.25, 0.3) is 11.3 Å². The largest absolute Gasteiger partial charge is 0.497 e. The molecule has 0 saturated heterocycles. The number of benzene rings is 2. The van der Waals surface area contributed by atoms with E-state index in [4.69, 9.17) is 21.1 Å². The van der Waals surface area contributed by atoms with Crippen LogP contribution in [0.4, 0.5) is 5.13 Å². The fraction of sp³-hybridized carbons (Fsp3) is 0.190. The van der Waals surface area contributed by atoms with Crippen LogP contribution in [0, 0.1) is 0 Å². The van der Waals surface area contributed by atoms with Crippen molar-refractivity contribution in [3.05, 3.63) is 58.9 Å². The van der Waals surface area contributed by atoms with Crippen LogP contribution < -0.4 is 10.1 Å². The number of nitrogens with one attached hydrogen (secondary N) is 1. The number of amides is 1. The molecule has 0 fully saturated rings. The number of anilines is 1. The van der Waals surface area contributed by atoms with E-state index in [0.717, 1.165) is 21.9 Å². The minimum atomic E-state index is -0.427. The number of carbonyl (C=O) groups is 2. The zero-order valence-electron chi connectivity index (χ0n) is 16.1. The number of carbonyl (C=O) groups excluding carboxylic acids is 2. The summed E-state index contributed by atoms with van der Waals surface area (Å²) in [4.78, 5) is 29.2. The van der Waals surface area contributed by atoms with Gasteiger partial charge in [0, 0.05) is 26.6 Å². The third-order valence-electron chi connectivity index (χ3n) is 3.89. The minimum absolute atomic E-state index is 0.208. The molecule has 1 aromatic heterocycles. The van der Waals surface area contributed by atoms with Crippen molar-refractivity contribution < 1.29 is 19.1 Å². The van der Waals surface area contributed by atoms with Gasteiger partial charge in [0.1, 0.15) is 5.75 Å². The van der Waals surface area contributed by atoms with Gasteiger partial charge >= 0.3 is 5.97 Å². The molecule has 156 valence electrons. The molecular weight excluding hydrogens is 444 g/mol. The van der Waals surface area contributed by atoms with Gasteiger partial charge in [0.05, 0.1) is 19.2 Å². The van der Waals surface area contributed by atoms with E-state index in [1.165, 1.54) is 23.1 Å². The second-order valence-electron chi connectivity index (χ2n) is 6.03. The number of hydrogen-bond acceptors (Lipinski definition) is 7. The van der Waals surface area contributed by atoms with E-state index in [9.17, 15) is 9.59 Å². The lowest BCUT2D eigenvalue weighted by atomic mass is 10.2. The number of ether oxygens (including phenoxy) is 2. The van der Waals surface area contributed by atoms with Crippen molar-refractivity contribution in [1.29, 1.82) is 0 Å². The summed E-state index contributed by atoms with van der Waals surface area (Å²) in [5.74, 6) is 0.463. The fourth-order valence-corrected chi connectivity index (χ4v) is 4.08. The summed E-state index contributed by atoms with van der Waals surface area (Å²) in [7, 11) is 1.61. The van der Waals surface area contributed by atoms with Crippen LogP contribution in [0.15, 0.2) is 58.8 Å². The smallest absolute Gasteiger partial charge is 0.307 e. The van der Waals surface area contributed by atoms with Crippen LogP contribution in [-0.4, -0.2) is 36.3 Å². The van der Waals surface area contributed by atoms with Gasteiger partial charge < -0.3 is 9.47 Å². The highest BCUT2D eigenvalue weighted by Crippen LogP contribution is 2.26. The number of halogens is 1. The summed E-state index contributed by atoms with van der Waals surface area (Å²) < 4.78 is 10.2. The number of rotatable bonds is 9. The topological polar surface area (TPSA) is 77.5 Å². The first-order chi connectivity index (χ1) is 14.5. The van der Waals surface area contributed by atoms with Gasteiger partial charge in [-0.3, -0.25) is 14.9 Å². The average molecular weight is 463 g/mol. The van der Waals surface area contributed by atoms with E-state index in [0.29, 0.717) is 15.9 Å².